The molecule has 2 aromatic rings. The van der Waals surface area contributed by atoms with E-state index in [9.17, 15) is 13.2 Å². The van der Waals surface area contributed by atoms with Gasteiger partial charge in [-0.05, 0) is 61.2 Å². The average Bonchev–Trinajstić information content (AvgIpc) is 2.75. The van der Waals surface area contributed by atoms with Crippen LogP contribution in [0.2, 0.25) is 0 Å². The SMILES string of the molecule is CCN(CC)S(=O)(=O)c1cccc(C(=O)Nc2ccc(N3CCC(C)CC3)cc2)c1. The molecule has 1 N–H and O–H groups in total. The van der Waals surface area contributed by atoms with Gasteiger partial charge in [0, 0.05) is 43.1 Å². The van der Waals surface area contributed by atoms with Crippen LogP contribution in [0.25, 0.3) is 0 Å². The van der Waals surface area contributed by atoms with Crippen LogP contribution in [0.15, 0.2) is 53.4 Å². The van der Waals surface area contributed by atoms with E-state index in [-0.39, 0.29) is 10.8 Å². The van der Waals surface area contributed by atoms with Crippen molar-refractivity contribution < 1.29 is 13.2 Å². The van der Waals surface area contributed by atoms with E-state index in [0.29, 0.717) is 24.3 Å². The van der Waals surface area contributed by atoms with E-state index in [1.807, 2.05) is 24.3 Å². The van der Waals surface area contributed by atoms with Crippen molar-refractivity contribution in [2.45, 2.75) is 38.5 Å². The maximum atomic E-state index is 12.7. The van der Waals surface area contributed by atoms with Crippen molar-refractivity contribution in [1.82, 2.24) is 4.31 Å². The van der Waals surface area contributed by atoms with Gasteiger partial charge >= 0.3 is 0 Å². The van der Waals surface area contributed by atoms with Gasteiger partial charge in [0.1, 0.15) is 0 Å². The van der Waals surface area contributed by atoms with Crippen molar-refractivity contribution in [3.63, 3.8) is 0 Å². The molecule has 0 spiro atoms. The molecule has 162 valence electrons. The normalized spacial score (nSPS) is 15.4. The minimum absolute atomic E-state index is 0.133. The number of hydrogen-bond donors (Lipinski definition) is 1. The Hall–Kier alpha value is -2.38. The van der Waals surface area contributed by atoms with Crippen LogP contribution in [0.4, 0.5) is 11.4 Å². The summed E-state index contributed by atoms with van der Waals surface area (Å²) >= 11 is 0. The molecule has 0 atom stereocenters. The summed E-state index contributed by atoms with van der Waals surface area (Å²) in [4.78, 5) is 15.2. The molecule has 0 aromatic heterocycles. The summed E-state index contributed by atoms with van der Waals surface area (Å²) in [5.41, 5.74) is 2.16. The highest BCUT2D eigenvalue weighted by Crippen LogP contribution is 2.24. The van der Waals surface area contributed by atoms with Gasteiger partial charge in [-0.25, -0.2) is 8.42 Å². The van der Waals surface area contributed by atoms with E-state index in [1.165, 1.54) is 29.3 Å². The smallest absolute Gasteiger partial charge is 0.255 e. The highest BCUT2D eigenvalue weighted by atomic mass is 32.2. The van der Waals surface area contributed by atoms with Crippen LogP contribution >= 0.6 is 0 Å². The predicted octanol–water partition coefficient (Wildman–Crippen LogP) is 4.21. The van der Waals surface area contributed by atoms with Crippen LogP contribution in [0, 0.1) is 5.92 Å². The number of sulfonamides is 1. The summed E-state index contributed by atoms with van der Waals surface area (Å²) in [5, 5.41) is 2.87. The summed E-state index contributed by atoms with van der Waals surface area (Å²) in [7, 11) is -3.60. The van der Waals surface area contributed by atoms with E-state index in [1.54, 1.807) is 26.0 Å². The highest BCUT2D eigenvalue weighted by molar-refractivity contribution is 7.89. The first kappa shape index (κ1) is 22.3. The van der Waals surface area contributed by atoms with Gasteiger partial charge < -0.3 is 10.2 Å². The van der Waals surface area contributed by atoms with Gasteiger partial charge in [-0.15, -0.1) is 0 Å². The van der Waals surface area contributed by atoms with Gasteiger partial charge in [0.25, 0.3) is 5.91 Å². The molecule has 1 fully saturated rings. The Morgan fingerprint density at radius 2 is 1.70 bits per heavy atom. The number of hydrogen-bond acceptors (Lipinski definition) is 4. The third-order valence-corrected chi connectivity index (χ3v) is 7.76. The van der Waals surface area contributed by atoms with Crippen molar-refractivity contribution in [3.8, 4) is 0 Å². The molecule has 2 aromatic carbocycles. The quantitative estimate of drug-likeness (QED) is 0.716. The van der Waals surface area contributed by atoms with E-state index in [4.69, 9.17) is 0 Å². The van der Waals surface area contributed by atoms with Crippen LogP contribution in [-0.2, 0) is 10.0 Å². The molecule has 0 unspecified atom stereocenters. The highest BCUT2D eigenvalue weighted by Gasteiger charge is 2.22. The molecule has 6 nitrogen and oxygen atoms in total. The van der Waals surface area contributed by atoms with Crippen molar-refractivity contribution in [2.24, 2.45) is 5.92 Å². The molecule has 1 aliphatic rings. The number of rotatable bonds is 7. The fraction of sp³-hybridized carbons (Fsp3) is 0.435. The van der Waals surface area contributed by atoms with E-state index in [2.05, 4.69) is 17.1 Å². The van der Waals surface area contributed by atoms with E-state index < -0.39 is 10.0 Å². The molecule has 7 heteroatoms. The Morgan fingerprint density at radius 1 is 1.07 bits per heavy atom. The Kier molecular flexibility index (Phi) is 7.15. The lowest BCUT2D eigenvalue weighted by molar-refractivity contribution is 0.102. The monoisotopic (exact) mass is 429 g/mol. The summed E-state index contributed by atoms with van der Waals surface area (Å²) in [6, 6.07) is 14.0. The molecule has 1 saturated heterocycles. The number of benzene rings is 2. The molecular formula is C23H31N3O3S. The van der Waals surface area contributed by atoms with Crippen LogP contribution in [0.1, 0.15) is 44.0 Å². The van der Waals surface area contributed by atoms with Crippen LogP contribution in [-0.4, -0.2) is 44.8 Å². The minimum atomic E-state index is -3.60. The number of nitrogens with one attached hydrogen (secondary N) is 1. The zero-order chi connectivity index (χ0) is 21.7. The lowest BCUT2D eigenvalue weighted by Crippen LogP contribution is -2.32. The summed E-state index contributed by atoms with van der Waals surface area (Å²) in [5.74, 6) is 0.451. The lowest BCUT2D eigenvalue weighted by Gasteiger charge is -2.32. The zero-order valence-corrected chi connectivity index (χ0v) is 18.8. The summed E-state index contributed by atoms with van der Waals surface area (Å²) in [6.07, 6.45) is 2.40. The molecular weight excluding hydrogens is 398 g/mol. The molecule has 0 radical (unpaired) electrons. The number of carbonyl (C=O) groups excluding carboxylic acids is 1. The first-order chi connectivity index (χ1) is 14.3. The number of anilines is 2. The Labute approximate surface area is 179 Å². The Bertz CT molecular complexity index is 961. The summed E-state index contributed by atoms with van der Waals surface area (Å²) in [6.45, 7) is 8.77. The second-order valence-corrected chi connectivity index (χ2v) is 9.73. The van der Waals surface area contributed by atoms with E-state index in [0.717, 1.165) is 24.7 Å². The van der Waals surface area contributed by atoms with Gasteiger partial charge in [0.05, 0.1) is 4.90 Å². The number of piperidine rings is 1. The molecule has 0 bridgehead atoms. The fourth-order valence-electron chi connectivity index (χ4n) is 3.74. The minimum Gasteiger partial charge on any atom is -0.372 e. The van der Waals surface area contributed by atoms with E-state index >= 15 is 0 Å². The fourth-order valence-corrected chi connectivity index (χ4v) is 5.24. The molecule has 0 aliphatic carbocycles. The second-order valence-electron chi connectivity index (χ2n) is 7.79. The molecule has 1 aliphatic heterocycles. The third kappa shape index (κ3) is 5.02. The van der Waals surface area contributed by atoms with Gasteiger partial charge in [-0.3, -0.25) is 4.79 Å². The van der Waals surface area contributed by atoms with Crippen molar-refractivity contribution >= 4 is 27.3 Å². The van der Waals surface area contributed by atoms with Gasteiger partial charge in [0.2, 0.25) is 10.0 Å². The van der Waals surface area contributed by atoms with Crippen molar-refractivity contribution in [3.05, 3.63) is 54.1 Å². The topological polar surface area (TPSA) is 69.7 Å². The predicted molar refractivity (Wildman–Crippen MR) is 122 cm³/mol. The van der Waals surface area contributed by atoms with Gasteiger partial charge in [-0.2, -0.15) is 4.31 Å². The van der Waals surface area contributed by atoms with Crippen molar-refractivity contribution in [1.29, 1.82) is 0 Å². The van der Waals surface area contributed by atoms with Crippen molar-refractivity contribution in [2.75, 3.05) is 36.4 Å². The van der Waals surface area contributed by atoms with Gasteiger partial charge in [-0.1, -0.05) is 26.8 Å². The molecule has 1 heterocycles. The average molecular weight is 430 g/mol. The maximum Gasteiger partial charge on any atom is 0.255 e. The summed E-state index contributed by atoms with van der Waals surface area (Å²) < 4.78 is 26.8. The second kappa shape index (κ2) is 9.62. The largest absolute Gasteiger partial charge is 0.372 e. The molecule has 0 saturated carbocycles. The Balaban J connectivity index is 1.70. The third-order valence-electron chi connectivity index (χ3n) is 5.71. The molecule has 3 rings (SSSR count). The lowest BCUT2D eigenvalue weighted by atomic mass is 9.99. The first-order valence-electron chi connectivity index (χ1n) is 10.6. The Morgan fingerprint density at radius 3 is 2.30 bits per heavy atom. The first-order valence-corrected chi connectivity index (χ1v) is 12.1. The van der Waals surface area contributed by atoms with Crippen LogP contribution < -0.4 is 10.2 Å². The number of nitrogens with zero attached hydrogens (tertiary/aromatic N) is 2. The number of carbonyl (C=O) groups is 1. The maximum absolute atomic E-state index is 12.7. The van der Waals surface area contributed by atoms with Gasteiger partial charge in [0.15, 0.2) is 0 Å². The molecule has 1 amide bonds. The van der Waals surface area contributed by atoms with Crippen LogP contribution in [0.3, 0.4) is 0 Å². The molecule has 30 heavy (non-hydrogen) atoms. The van der Waals surface area contributed by atoms with Crippen LogP contribution in [0.5, 0.6) is 0 Å². The number of amides is 1. The zero-order valence-electron chi connectivity index (χ0n) is 18.0. The standard InChI is InChI=1S/C23H31N3O3S/c1-4-26(5-2)30(28,29)22-8-6-7-19(17-22)23(27)24-20-9-11-21(12-10-20)25-15-13-18(3)14-16-25/h6-12,17-18H,4-5,13-16H2,1-3H3,(H,24,27).